The first kappa shape index (κ1) is 27.5. The number of fused-ring (bicyclic) bond motifs is 9. The third-order valence-electron chi connectivity index (χ3n) is 9.73. The second kappa shape index (κ2) is 11.0. The highest BCUT2D eigenvalue weighted by Gasteiger charge is 2.20. The van der Waals surface area contributed by atoms with Crippen LogP contribution in [0.25, 0.3) is 93.7 Å². The normalized spacial score (nSPS) is 11.7. The molecule has 3 heteroatoms. The molecular weight excluding hydrogens is 595 g/mol. The van der Waals surface area contributed by atoms with Gasteiger partial charge in [-0.1, -0.05) is 146 Å². The van der Waals surface area contributed by atoms with E-state index in [1.54, 1.807) is 0 Å². The van der Waals surface area contributed by atoms with E-state index in [0.29, 0.717) is 5.82 Å². The summed E-state index contributed by atoms with van der Waals surface area (Å²) in [6.45, 7) is 0. The van der Waals surface area contributed by atoms with Gasteiger partial charge in [0.25, 0.3) is 0 Å². The van der Waals surface area contributed by atoms with Crippen molar-refractivity contribution in [3.05, 3.63) is 176 Å². The van der Waals surface area contributed by atoms with Crippen LogP contribution in [-0.2, 0) is 0 Å². The van der Waals surface area contributed by atoms with Gasteiger partial charge in [-0.25, -0.2) is 9.97 Å². The van der Waals surface area contributed by atoms with Crippen molar-refractivity contribution in [2.24, 2.45) is 0 Å². The molecule has 0 N–H and O–H groups in total. The molecule has 0 aliphatic carbocycles. The summed E-state index contributed by atoms with van der Waals surface area (Å²) in [5.41, 5.74) is 8.35. The average molecular weight is 624 g/mol. The summed E-state index contributed by atoms with van der Waals surface area (Å²) < 4.78 is 2.45. The Hall–Kier alpha value is -6.58. The quantitative estimate of drug-likeness (QED) is 0.183. The zero-order valence-corrected chi connectivity index (χ0v) is 26.6. The van der Waals surface area contributed by atoms with E-state index in [0.717, 1.165) is 33.8 Å². The lowest BCUT2D eigenvalue weighted by molar-refractivity contribution is 1.16. The maximum atomic E-state index is 5.16. The molecular formula is C46H29N3. The molecule has 0 aliphatic heterocycles. The molecule has 0 saturated heterocycles. The van der Waals surface area contributed by atoms with Crippen molar-refractivity contribution in [1.29, 1.82) is 0 Å². The fourth-order valence-electron chi connectivity index (χ4n) is 7.50. The molecule has 0 spiro atoms. The molecule has 0 aliphatic rings. The van der Waals surface area contributed by atoms with Gasteiger partial charge in [0.15, 0.2) is 5.82 Å². The van der Waals surface area contributed by atoms with Gasteiger partial charge in [0.05, 0.1) is 22.4 Å². The minimum Gasteiger partial charge on any atom is -0.309 e. The van der Waals surface area contributed by atoms with Crippen molar-refractivity contribution >= 4 is 54.1 Å². The monoisotopic (exact) mass is 623 g/mol. The van der Waals surface area contributed by atoms with Crippen LogP contribution in [-0.4, -0.2) is 14.5 Å². The van der Waals surface area contributed by atoms with Gasteiger partial charge in [0, 0.05) is 38.5 Å². The standard InChI is InChI=1S/C46H29N3/c1-3-14-30(15-4-1)41-29-42(31-16-5-2-6-17-31)48-46(47-41)34-20-13-21-35(26-34)49-43-28-33-19-8-7-18-32(33)27-40(43)44-38-24-11-9-22-36(38)37-23-10-12-25-39(37)45(44)49/h1-29H. The van der Waals surface area contributed by atoms with Crippen molar-refractivity contribution in [2.45, 2.75) is 0 Å². The highest BCUT2D eigenvalue weighted by atomic mass is 15.0. The Morgan fingerprint density at radius 1 is 0.367 bits per heavy atom. The van der Waals surface area contributed by atoms with Gasteiger partial charge < -0.3 is 4.57 Å². The number of hydrogen-bond donors (Lipinski definition) is 0. The first-order chi connectivity index (χ1) is 24.3. The zero-order chi connectivity index (χ0) is 32.3. The Morgan fingerprint density at radius 2 is 0.898 bits per heavy atom. The van der Waals surface area contributed by atoms with Crippen molar-refractivity contribution in [3.8, 4) is 39.6 Å². The third kappa shape index (κ3) is 4.44. The molecule has 2 aromatic heterocycles. The van der Waals surface area contributed by atoms with E-state index >= 15 is 0 Å². The topological polar surface area (TPSA) is 30.7 Å². The summed E-state index contributed by atoms with van der Waals surface area (Å²) >= 11 is 0. The predicted octanol–water partition coefficient (Wildman–Crippen LogP) is 12.0. The molecule has 3 nitrogen and oxygen atoms in total. The summed E-state index contributed by atoms with van der Waals surface area (Å²) in [5.74, 6) is 0.698. The summed E-state index contributed by atoms with van der Waals surface area (Å²) in [6, 6.07) is 62.5. The second-order valence-corrected chi connectivity index (χ2v) is 12.6. The van der Waals surface area contributed by atoms with E-state index in [1.807, 2.05) is 12.1 Å². The molecule has 10 aromatic rings. The van der Waals surface area contributed by atoms with Gasteiger partial charge in [-0.05, 0) is 57.3 Å². The SMILES string of the molecule is c1ccc(-c2cc(-c3ccccc3)nc(-c3cccc(-n4c5cc6ccccc6cc5c5c6ccccc6c6ccccc6c54)c3)n2)cc1. The van der Waals surface area contributed by atoms with Crippen LogP contribution in [0.2, 0.25) is 0 Å². The van der Waals surface area contributed by atoms with Crippen LogP contribution >= 0.6 is 0 Å². The van der Waals surface area contributed by atoms with Crippen LogP contribution in [0.1, 0.15) is 0 Å². The first-order valence-corrected chi connectivity index (χ1v) is 16.7. The Balaban J connectivity index is 1.29. The van der Waals surface area contributed by atoms with E-state index in [9.17, 15) is 0 Å². The molecule has 49 heavy (non-hydrogen) atoms. The largest absolute Gasteiger partial charge is 0.309 e. The summed E-state index contributed by atoms with van der Waals surface area (Å²) in [7, 11) is 0. The molecule has 2 heterocycles. The van der Waals surface area contributed by atoms with Crippen molar-refractivity contribution in [2.75, 3.05) is 0 Å². The van der Waals surface area contributed by atoms with Crippen LogP contribution < -0.4 is 0 Å². The lowest BCUT2D eigenvalue weighted by atomic mass is 9.96. The van der Waals surface area contributed by atoms with Gasteiger partial charge in [0.1, 0.15) is 0 Å². The van der Waals surface area contributed by atoms with Gasteiger partial charge >= 0.3 is 0 Å². The van der Waals surface area contributed by atoms with Crippen LogP contribution in [0.3, 0.4) is 0 Å². The molecule has 0 amide bonds. The van der Waals surface area contributed by atoms with Crippen molar-refractivity contribution in [1.82, 2.24) is 14.5 Å². The molecule has 0 saturated carbocycles. The van der Waals surface area contributed by atoms with Crippen LogP contribution in [0, 0.1) is 0 Å². The lowest BCUT2D eigenvalue weighted by Gasteiger charge is -2.14. The third-order valence-corrected chi connectivity index (χ3v) is 9.73. The van der Waals surface area contributed by atoms with Gasteiger partial charge in [0.2, 0.25) is 0 Å². The molecule has 0 bridgehead atoms. The van der Waals surface area contributed by atoms with E-state index in [1.165, 1.54) is 54.1 Å². The fraction of sp³-hybridized carbons (Fsp3) is 0. The summed E-state index contributed by atoms with van der Waals surface area (Å²) in [6.07, 6.45) is 0. The minimum absolute atomic E-state index is 0.698. The van der Waals surface area contributed by atoms with E-state index < -0.39 is 0 Å². The Kier molecular flexibility index (Phi) is 6.18. The van der Waals surface area contributed by atoms with Crippen molar-refractivity contribution < 1.29 is 0 Å². The molecule has 10 rings (SSSR count). The van der Waals surface area contributed by atoms with E-state index in [4.69, 9.17) is 9.97 Å². The molecule has 0 unspecified atom stereocenters. The molecule has 0 atom stereocenters. The maximum Gasteiger partial charge on any atom is 0.160 e. The highest BCUT2D eigenvalue weighted by Crippen LogP contribution is 2.43. The smallest absolute Gasteiger partial charge is 0.160 e. The van der Waals surface area contributed by atoms with Crippen LogP contribution in [0.5, 0.6) is 0 Å². The summed E-state index contributed by atoms with van der Waals surface area (Å²) in [5, 5.41) is 9.99. The number of aromatic nitrogens is 3. The van der Waals surface area contributed by atoms with Crippen molar-refractivity contribution in [3.63, 3.8) is 0 Å². The Bertz CT molecular complexity index is 2810. The van der Waals surface area contributed by atoms with Gasteiger partial charge in [-0.2, -0.15) is 0 Å². The number of benzene rings is 8. The van der Waals surface area contributed by atoms with E-state index in [2.05, 4.69) is 168 Å². The van der Waals surface area contributed by atoms with Crippen LogP contribution in [0.4, 0.5) is 0 Å². The molecule has 0 fully saturated rings. The lowest BCUT2D eigenvalue weighted by Crippen LogP contribution is -1.98. The maximum absolute atomic E-state index is 5.16. The predicted molar refractivity (Wildman–Crippen MR) is 205 cm³/mol. The zero-order valence-electron chi connectivity index (χ0n) is 26.6. The van der Waals surface area contributed by atoms with E-state index in [-0.39, 0.29) is 0 Å². The van der Waals surface area contributed by atoms with Gasteiger partial charge in [-0.3, -0.25) is 0 Å². The number of hydrogen-bond acceptors (Lipinski definition) is 2. The number of rotatable bonds is 4. The second-order valence-electron chi connectivity index (χ2n) is 12.6. The molecule has 0 radical (unpaired) electrons. The molecule has 228 valence electrons. The van der Waals surface area contributed by atoms with Gasteiger partial charge in [-0.15, -0.1) is 0 Å². The van der Waals surface area contributed by atoms with Crippen LogP contribution in [0.15, 0.2) is 176 Å². The fourth-order valence-corrected chi connectivity index (χ4v) is 7.50. The minimum atomic E-state index is 0.698. The molecule has 8 aromatic carbocycles. The highest BCUT2D eigenvalue weighted by molar-refractivity contribution is 6.32. The average Bonchev–Trinajstić information content (AvgIpc) is 3.52. The Labute approximate surface area is 283 Å². The Morgan fingerprint density at radius 3 is 1.57 bits per heavy atom. The summed E-state index contributed by atoms with van der Waals surface area (Å²) in [4.78, 5) is 10.3. The number of nitrogens with zero attached hydrogens (tertiary/aromatic N) is 3. The first-order valence-electron chi connectivity index (χ1n) is 16.7.